The summed E-state index contributed by atoms with van der Waals surface area (Å²) in [4.78, 5) is 0. The van der Waals surface area contributed by atoms with Crippen LogP contribution >= 0.6 is 0 Å². The molecule has 1 fully saturated rings. The number of aryl methyl sites for hydroxylation is 1. The molecule has 1 aromatic carbocycles. The lowest BCUT2D eigenvalue weighted by molar-refractivity contribution is 0.536. The first-order valence-electron chi connectivity index (χ1n) is 5.77. The zero-order chi connectivity index (χ0) is 10.8. The van der Waals surface area contributed by atoms with Crippen LogP contribution < -0.4 is 11.1 Å². The summed E-state index contributed by atoms with van der Waals surface area (Å²) in [5.41, 5.74) is 9.03. The summed E-state index contributed by atoms with van der Waals surface area (Å²) in [5.74, 6) is 1.74. The zero-order valence-electron chi connectivity index (χ0n) is 9.59. The average molecular weight is 204 g/mol. The first-order valence-corrected chi connectivity index (χ1v) is 5.77. The third-order valence-electron chi connectivity index (χ3n) is 3.33. The van der Waals surface area contributed by atoms with Crippen molar-refractivity contribution in [1.29, 1.82) is 0 Å². The third kappa shape index (κ3) is 2.65. The smallest absolute Gasteiger partial charge is 0.0364 e. The Kier molecular flexibility index (Phi) is 2.85. The lowest BCUT2D eigenvalue weighted by Gasteiger charge is -2.13. The summed E-state index contributed by atoms with van der Waals surface area (Å²) in [6, 6.07) is 6.19. The summed E-state index contributed by atoms with van der Waals surface area (Å²) in [5, 5.41) is 3.45. The molecule has 1 atom stereocenters. The third-order valence-corrected chi connectivity index (χ3v) is 3.33. The second kappa shape index (κ2) is 4.13. The molecule has 3 N–H and O–H groups in total. The van der Waals surface area contributed by atoms with Gasteiger partial charge in [-0.15, -0.1) is 0 Å². The van der Waals surface area contributed by atoms with Crippen molar-refractivity contribution in [1.82, 2.24) is 0 Å². The molecule has 1 aliphatic rings. The van der Waals surface area contributed by atoms with Gasteiger partial charge in [0, 0.05) is 17.9 Å². The minimum absolute atomic E-state index is 0.785. The molecule has 0 amide bonds. The van der Waals surface area contributed by atoms with E-state index in [0.717, 1.165) is 35.3 Å². The molecule has 0 heterocycles. The monoisotopic (exact) mass is 204 g/mol. The Hall–Kier alpha value is -1.18. The predicted octanol–water partition coefficient (Wildman–Crippen LogP) is 3.04. The zero-order valence-corrected chi connectivity index (χ0v) is 9.59. The summed E-state index contributed by atoms with van der Waals surface area (Å²) >= 11 is 0. The van der Waals surface area contributed by atoms with Crippen molar-refractivity contribution in [3.63, 3.8) is 0 Å². The Morgan fingerprint density at radius 2 is 2.20 bits per heavy atom. The summed E-state index contributed by atoms with van der Waals surface area (Å²) < 4.78 is 0. The summed E-state index contributed by atoms with van der Waals surface area (Å²) in [7, 11) is 0. The van der Waals surface area contributed by atoms with Gasteiger partial charge in [0.05, 0.1) is 0 Å². The normalized spacial score (nSPS) is 17.5. The van der Waals surface area contributed by atoms with Crippen LogP contribution in [0.5, 0.6) is 0 Å². The molecule has 0 aliphatic heterocycles. The van der Waals surface area contributed by atoms with E-state index in [1.807, 2.05) is 13.0 Å². The van der Waals surface area contributed by atoms with E-state index in [4.69, 9.17) is 5.73 Å². The predicted molar refractivity (Wildman–Crippen MR) is 66.0 cm³/mol. The van der Waals surface area contributed by atoms with Crippen molar-refractivity contribution in [3.05, 3.63) is 23.8 Å². The van der Waals surface area contributed by atoms with Crippen LogP contribution in [0.15, 0.2) is 18.2 Å². The number of nitrogens with one attached hydrogen (secondary N) is 1. The van der Waals surface area contributed by atoms with Gasteiger partial charge < -0.3 is 11.1 Å². The average Bonchev–Trinajstić information content (AvgIpc) is 3.03. The summed E-state index contributed by atoms with van der Waals surface area (Å²) in [6.45, 7) is 5.42. The fraction of sp³-hybridized carbons (Fsp3) is 0.538. The second-order valence-electron chi connectivity index (χ2n) is 4.77. The van der Waals surface area contributed by atoms with Crippen LogP contribution in [0.3, 0.4) is 0 Å². The van der Waals surface area contributed by atoms with E-state index in [1.54, 1.807) is 0 Å². The SMILES string of the molecule is Cc1ccc(NCC(C)C2CC2)cc1N. The highest BCUT2D eigenvalue weighted by Gasteiger charge is 2.27. The van der Waals surface area contributed by atoms with Gasteiger partial charge in [-0.05, 0) is 49.3 Å². The topological polar surface area (TPSA) is 38.0 Å². The number of nitrogens with two attached hydrogens (primary N) is 1. The lowest BCUT2D eigenvalue weighted by Crippen LogP contribution is -2.12. The molecule has 0 saturated heterocycles. The highest BCUT2D eigenvalue weighted by atomic mass is 14.9. The molecule has 1 aliphatic carbocycles. The minimum Gasteiger partial charge on any atom is -0.398 e. The van der Waals surface area contributed by atoms with Gasteiger partial charge in [0.1, 0.15) is 0 Å². The van der Waals surface area contributed by atoms with Gasteiger partial charge in [0.2, 0.25) is 0 Å². The first kappa shape index (κ1) is 10.3. The standard InChI is InChI=1S/C13H20N2/c1-9-3-6-12(7-13(9)14)15-8-10(2)11-4-5-11/h3,6-7,10-11,15H,4-5,8,14H2,1-2H3. The summed E-state index contributed by atoms with van der Waals surface area (Å²) in [6.07, 6.45) is 2.83. The van der Waals surface area contributed by atoms with Crippen molar-refractivity contribution >= 4 is 11.4 Å². The highest BCUT2D eigenvalue weighted by Crippen LogP contribution is 2.36. The number of anilines is 2. The minimum atomic E-state index is 0.785. The second-order valence-corrected chi connectivity index (χ2v) is 4.77. The van der Waals surface area contributed by atoms with Crippen LogP contribution in [-0.2, 0) is 0 Å². The molecule has 2 heteroatoms. The maximum atomic E-state index is 5.86. The van der Waals surface area contributed by atoms with Gasteiger partial charge in [0.15, 0.2) is 0 Å². The molecule has 0 bridgehead atoms. The van der Waals surface area contributed by atoms with Crippen molar-refractivity contribution in [2.45, 2.75) is 26.7 Å². The van der Waals surface area contributed by atoms with Crippen LogP contribution in [0.1, 0.15) is 25.3 Å². The fourth-order valence-electron chi connectivity index (χ4n) is 1.86. The Morgan fingerprint density at radius 3 is 2.80 bits per heavy atom. The van der Waals surface area contributed by atoms with Crippen molar-refractivity contribution < 1.29 is 0 Å². The van der Waals surface area contributed by atoms with Gasteiger partial charge in [-0.3, -0.25) is 0 Å². The van der Waals surface area contributed by atoms with Gasteiger partial charge in [0.25, 0.3) is 0 Å². The number of hydrogen-bond acceptors (Lipinski definition) is 2. The molecule has 0 aromatic heterocycles. The molecular formula is C13H20N2. The van der Waals surface area contributed by atoms with Crippen LogP contribution in [0.4, 0.5) is 11.4 Å². The van der Waals surface area contributed by atoms with E-state index < -0.39 is 0 Å². The Labute approximate surface area is 91.9 Å². The van der Waals surface area contributed by atoms with E-state index in [0.29, 0.717) is 0 Å². The maximum absolute atomic E-state index is 5.86. The largest absolute Gasteiger partial charge is 0.398 e. The Morgan fingerprint density at radius 1 is 1.47 bits per heavy atom. The van der Waals surface area contributed by atoms with E-state index in [2.05, 4.69) is 24.4 Å². The quantitative estimate of drug-likeness (QED) is 0.740. The van der Waals surface area contributed by atoms with Crippen molar-refractivity contribution in [3.8, 4) is 0 Å². The highest BCUT2D eigenvalue weighted by molar-refractivity contribution is 5.58. The molecule has 1 unspecified atom stereocenters. The molecule has 2 nitrogen and oxygen atoms in total. The van der Waals surface area contributed by atoms with E-state index in [-0.39, 0.29) is 0 Å². The maximum Gasteiger partial charge on any atom is 0.0364 e. The van der Waals surface area contributed by atoms with Gasteiger partial charge >= 0.3 is 0 Å². The van der Waals surface area contributed by atoms with Crippen LogP contribution in [0, 0.1) is 18.8 Å². The fourth-order valence-corrected chi connectivity index (χ4v) is 1.86. The van der Waals surface area contributed by atoms with Gasteiger partial charge in [-0.2, -0.15) is 0 Å². The Balaban J connectivity index is 1.89. The molecule has 1 aromatic rings. The van der Waals surface area contributed by atoms with Crippen LogP contribution in [0.25, 0.3) is 0 Å². The number of rotatable bonds is 4. The number of benzene rings is 1. The molecule has 15 heavy (non-hydrogen) atoms. The Bertz CT molecular complexity index is 342. The molecule has 82 valence electrons. The van der Waals surface area contributed by atoms with Crippen molar-refractivity contribution in [2.75, 3.05) is 17.6 Å². The van der Waals surface area contributed by atoms with E-state index in [9.17, 15) is 0 Å². The molecule has 1 saturated carbocycles. The van der Waals surface area contributed by atoms with Crippen molar-refractivity contribution in [2.24, 2.45) is 11.8 Å². The van der Waals surface area contributed by atoms with Crippen LogP contribution in [-0.4, -0.2) is 6.54 Å². The lowest BCUT2D eigenvalue weighted by atomic mass is 10.1. The molecule has 0 spiro atoms. The first-order chi connectivity index (χ1) is 7.16. The van der Waals surface area contributed by atoms with E-state index in [1.165, 1.54) is 12.8 Å². The van der Waals surface area contributed by atoms with Gasteiger partial charge in [-0.25, -0.2) is 0 Å². The molecule has 0 radical (unpaired) electrons. The molecule has 2 rings (SSSR count). The number of nitrogen functional groups attached to an aromatic ring is 1. The van der Waals surface area contributed by atoms with E-state index >= 15 is 0 Å². The number of hydrogen-bond donors (Lipinski definition) is 2. The van der Waals surface area contributed by atoms with Gasteiger partial charge in [-0.1, -0.05) is 13.0 Å². The molecular weight excluding hydrogens is 184 g/mol. The van der Waals surface area contributed by atoms with Crippen LogP contribution in [0.2, 0.25) is 0 Å².